The van der Waals surface area contributed by atoms with Crippen molar-refractivity contribution in [1.29, 1.82) is 0 Å². The highest BCUT2D eigenvalue weighted by Crippen LogP contribution is 2.64. The first-order chi connectivity index (χ1) is 18.5. The van der Waals surface area contributed by atoms with Crippen LogP contribution in [0.2, 0.25) is 0 Å². The second-order valence-corrected chi connectivity index (χ2v) is 12.9. The van der Waals surface area contributed by atoms with Gasteiger partial charge in [0.2, 0.25) is 23.6 Å². The zero-order chi connectivity index (χ0) is 29.2. The van der Waals surface area contributed by atoms with Gasteiger partial charge in [0.25, 0.3) is 0 Å². The van der Waals surface area contributed by atoms with Gasteiger partial charge in [-0.1, -0.05) is 19.9 Å². The Hall–Kier alpha value is -4.09. The second-order valence-electron chi connectivity index (χ2n) is 12.9. The van der Waals surface area contributed by atoms with Crippen molar-refractivity contribution >= 4 is 41.6 Å². The van der Waals surface area contributed by atoms with Crippen molar-refractivity contribution in [3.63, 3.8) is 0 Å². The number of nitrogens with zero attached hydrogens (tertiary/aromatic N) is 1. The largest absolute Gasteiger partial charge is 0.426 e. The molecule has 0 radical (unpaired) electrons. The van der Waals surface area contributed by atoms with Crippen molar-refractivity contribution in [1.82, 2.24) is 15.5 Å². The van der Waals surface area contributed by atoms with Crippen molar-refractivity contribution in [2.75, 3.05) is 0 Å². The normalized spacial score (nSPS) is 39.5. The molecule has 0 aromatic heterocycles. The minimum Gasteiger partial charge on any atom is -0.426 e. The van der Waals surface area contributed by atoms with E-state index in [1.165, 1.54) is 19.1 Å². The lowest BCUT2D eigenvalue weighted by Crippen LogP contribution is -2.79. The van der Waals surface area contributed by atoms with Gasteiger partial charge in [-0.3, -0.25) is 44.3 Å². The van der Waals surface area contributed by atoms with Crippen LogP contribution in [-0.2, 0) is 28.8 Å². The number of imide groups is 3. The number of amides is 6. The number of fused-ring (bicyclic) bond motifs is 8. The lowest BCUT2D eigenvalue weighted by molar-refractivity contribution is -0.179. The molecule has 1 aromatic carbocycles. The number of carbonyl (C=O) groups is 7. The van der Waals surface area contributed by atoms with Crippen molar-refractivity contribution < 1.29 is 43.0 Å². The van der Waals surface area contributed by atoms with E-state index in [-0.39, 0.29) is 24.3 Å². The van der Waals surface area contributed by atoms with Gasteiger partial charge in [-0.05, 0) is 39.2 Å². The van der Waals surface area contributed by atoms with E-state index in [1.54, 1.807) is 33.8 Å². The summed E-state index contributed by atoms with van der Waals surface area (Å²) in [6.07, 6.45) is 0.722. The SMILES string of the molecule is CC(=O)N1C(=O)NC(=O)[C@@]2(C)[C@@H]1[C@@H]1C(=O)Oc3cc(OC(=O)C4(C)C[C@@]5(C)C[C@@](C)(C4)C(=O)NC5=O)ccc3[C@@H]12. The van der Waals surface area contributed by atoms with E-state index >= 15 is 0 Å². The molecule has 3 heterocycles. The molecule has 2 saturated carbocycles. The Morgan fingerprint density at radius 1 is 0.925 bits per heavy atom. The Bertz CT molecular complexity index is 1460. The summed E-state index contributed by atoms with van der Waals surface area (Å²) >= 11 is 0. The minimum atomic E-state index is -1.26. The van der Waals surface area contributed by atoms with E-state index in [4.69, 9.17) is 9.47 Å². The van der Waals surface area contributed by atoms with Crippen molar-refractivity contribution in [2.24, 2.45) is 27.6 Å². The van der Waals surface area contributed by atoms with E-state index in [2.05, 4.69) is 10.6 Å². The van der Waals surface area contributed by atoms with Crippen LogP contribution in [-0.4, -0.2) is 52.5 Å². The van der Waals surface area contributed by atoms with Gasteiger partial charge in [0.1, 0.15) is 11.5 Å². The molecule has 1 unspecified atom stereocenters. The number of hydrogen-bond donors (Lipinski definition) is 2. The van der Waals surface area contributed by atoms with E-state index in [0.29, 0.717) is 12.0 Å². The summed E-state index contributed by atoms with van der Waals surface area (Å²) in [4.78, 5) is 90.3. The molecule has 6 amide bonds. The van der Waals surface area contributed by atoms with E-state index in [0.717, 1.165) is 4.90 Å². The second kappa shape index (κ2) is 7.76. The molecular weight excluding hydrogens is 522 g/mol. The van der Waals surface area contributed by atoms with E-state index in [9.17, 15) is 33.6 Å². The van der Waals surface area contributed by atoms with Crippen molar-refractivity contribution in [2.45, 2.75) is 65.8 Å². The molecule has 2 saturated heterocycles. The summed E-state index contributed by atoms with van der Waals surface area (Å²) in [5.74, 6) is -4.72. The molecule has 2 N–H and O–H groups in total. The summed E-state index contributed by atoms with van der Waals surface area (Å²) in [6, 6.07) is 2.65. The standard InChI is InChI=1S/C28H29N3O9/c1-12(32)31-18-16-17(28(18,5)22(36)30-24(31)38)14-7-6-13(8-15(14)40-19(16)33)39-23(37)27(4)10-25(2)9-26(3,11-27)21(35)29-20(25)34/h6-8,16-18H,9-11H2,1-5H3,(H,29,34,35)(H,30,36,38)/t16-,17+,18+,25-,26+,27?,28-/m1/s1. The first-order valence-corrected chi connectivity index (χ1v) is 13.1. The fraction of sp³-hybridized carbons (Fsp3) is 0.536. The highest BCUT2D eigenvalue weighted by atomic mass is 16.5. The minimum absolute atomic E-state index is 0.0905. The van der Waals surface area contributed by atoms with Gasteiger partial charge >= 0.3 is 18.0 Å². The maximum atomic E-state index is 13.5. The molecule has 0 spiro atoms. The molecule has 12 heteroatoms. The summed E-state index contributed by atoms with van der Waals surface area (Å²) in [5.41, 5.74) is -3.72. The number of urea groups is 1. The fourth-order valence-electron chi connectivity index (χ4n) is 8.21. The number of rotatable bonds is 2. The van der Waals surface area contributed by atoms with Crippen LogP contribution in [0.25, 0.3) is 0 Å². The van der Waals surface area contributed by atoms with Crippen LogP contribution in [0.3, 0.4) is 0 Å². The molecule has 210 valence electrons. The topological polar surface area (TPSA) is 165 Å². The first-order valence-electron chi connectivity index (χ1n) is 13.1. The molecule has 3 aliphatic heterocycles. The third-order valence-electron chi connectivity index (χ3n) is 9.68. The Labute approximate surface area is 229 Å². The molecule has 6 rings (SSSR count). The Morgan fingerprint density at radius 3 is 2.15 bits per heavy atom. The quantitative estimate of drug-likeness (QED) is 0.315. The monoisotopic (exact) mass is 551 g/mol. The van der Waals surface area contributed by atoms with Crippen LogP contribution in [0.4, 0.5) is 4.79 Å². The van der Waals surface area contributed by atoms with E-state index in [1.807, 2.05) is 0 Å². The van der Waals surface area contributed by atoms with Crippen molar-refractivity contribution in [3.05, 3.63) is 23.8 Å². The third kappa shape index (κ3) is 3.21. The first kappa shape index (κ1) is 26.1. The van der Waals surface area contributed by atoms with Crippen LogP contribution in [0.1, 0.15) is 65.4 Å². The van der Waals surface area contributed by atoms with Gasteiger partial charge in [0, 0.05) is 35.3 Å². The molecule has 4 fully saturated rings. The molecule has 12 nitrogen and oxygen atoms in total. The predicted molar refractivity (Wildman–Crippen MR) is 133 cm³/mol. The number of nitrogens with one attached hydrogen (secondary N) is 2. The Kier molecular flexibility index (Phi) is 5.07. The molecule has 2 aliphatic carbocycles. The Balaban J connectivity index is 1.29. The fourth-order valence-corrected chi connectivity index (χ4v) is 8.21. The molecule has 1 aromatic rings. The van der Waals surface area contributed by atoms with Crippen LogP contribution < -0.4 is 20.1 Å². The van der Waals surface area contributed by atoms with Crippen LogP contribution in [0, 0.1) is 27.6 Å². The molecule has 7 atom stereocenters. The average molecular weight is 552 g/mol. The zero-order valence-electron chi connectivity index (χ0n) is 22.7. The maximum absolute atomic E-state index is 13.5. The number of carbonyl (C=O) groups excluding carboxylic acids is 7. The van der Waals surface area contributed by atoms with Crippen LogP contribution in [0.15, 0.2) is 18.2 Å². The molecule has 5 aliphatic rings. The lowest BCUT2D eigenvalue weighted by atomic mass is 9.46. The number of benzene rings is 1. The van der Waals surface area contributed by atoms with Gasteiger partial charge in [-0.2, -0.15) is 0 Å². The highest BCUT2D eigenvalue weighted by Gasteiger charge is 2.73. The molecular formula is C28H29N3O9. The van der Waals surface area contributed by atoms with Gasteiger partial charge in [-0.15, -0.1) is 0 Å². The van der Waals surface area contributed by atoms with Gasteiger partial charge in [0.05, 0.1) is 22.8 Å². The zero-order valence-corrected chi connectivity index (χ0v) is 22.7. The van der Waals surface area contributed by atoms with Gasteiger partial charge < -0.3 is 9.47 Å². The third-order valence-corrected chi connectivity index (χ3v) is 9.68. The highest BCUT2D eigenvalue weighted by molar-refractivity contribution is 6.10. The lowest BCUT2D eigenvalue weighted by Gasteiger charge is -2.62. The van der Waals surface area contributed by atoms with Crippen LogP contribution in [0.5, 0.6) is 11.5 Å². The van der Waals surface area contributed by atoms with Gasteiger partial charge in [-0.25, -0.2) is 4.79 Å². The smallest absolute Gasteiger partial charge is 0.331 e. The number of hydrogen-bond acceptors (Lipinski definition) is 9. The summed E-state index contributed by atoms with van der Waals surface area (Å²) in [5, 5.41) is 4.65. The summed E-state index contributed by atoms with van der Waals surface area (Å²) < 4.78 is 11.3. The Morgan fingerprint density at radius 2 is 1.55 bits per heavy atom. The summed E-state index contributed by atoms with van der Waals surface area (Å²) in [6.45, 7) is 7.95. The molecule has 2 bridgehead atoms. The predicted octanol–water partition coefficient (Wildman–Crippen LogP) is 1.56. The van der Waals surface area contributed by atoms with Crippen molar-refractivity contribution in [3.8, 4) is 11.5 Å². The van der Waals surface area contributed by atoms with Crippen LogP contribution >= 0.6 is 0 Å². The van der Waals surface area contributed by atoms with Gasteiger partial charge in [0.15, 0.2) is 0 Å². The summed E-state index contributed by atoms with van der Waals surface area (Å²) in [7, 11) is 0. The molecule has 40 heavy (non-hydrogen) atoms. The number of esters is 2. The van der Waals surface area contributed by atoms with E-state index < -0.39 is 81.1 Å². The maximum Gasteiger partial charge on any atom is 0.331 e. The average Bonchev–Trinajstić information content (AvgIpc) is 2.83. The number of piperidine rings is 1. The number of ether oxygens (including phenoxy) is 2.